The monoisotopic (exact) mass is 522 g/mol. The van der Waals surface area contributed by atoms with Crippen LogP contribution in [0, 0.1) is 24.1 Å². The second-order valence-corrected chi connectivity index (χ2v) is 9.59. The number of nitrogens with zero attached hydrogens (tertiary/aromatic N) is 4. The Kier molecular flexibility index (Phi) is 7.47. The summed E-state index contributed by atoms with van der Waals surface area (Å²) in [4.78, 5) is 9.96. The summed E-state index contributed by atoms with van der Waals surface area (Å²) in [6.07, 6.45) is 4.41. The Balaban J connectivity index is 1.37. The van der Waals surface area contributed by atoms with Crippen molar-refractivity contribution in [1.82, 2.24) is 19.4 Å². The number of aromatic amines is 1. The van der Waals surface area contributed by atoms with Crippen molar-refractivity contribution in [3.63, 3.8) is 0 Å². The Bertz CT molecular complexity index is 1610. The van der Waals surface area contributed by atoms with E-state index in [0.29, 0.717) is 42.4 Å². The summed E-state index contributed by atoms with van der Waals surface area (Å²) in [5.74, 6) is -0.316. The predicted molar refractivity (Wildman–Crippen MR) is 152 cm³/mol. The average molecular weight is 523 g/mol. The van der Waals surface area contributed by atoms with Gasteiger partial charge in [-0.3, -0.25) is 0 Å². The van der Waals surface area contributed by atoms with Crippen LogP contribution in [0.2, 0.25) is 0 Å². The van der Waals surface area contributed by atoms with Crippen LogP contribution < -0.4 is 5.32 Å². The first-order valence-electron chi connectivity index (χ1n) is 12.4. The van der Waals surface area contributed by atoms with Crippen LogP contribution in [-0.4, -0.2) is 31.1 Å². The van der Waals surface area contributed by atoms with Crippen molar-refractivity contribution in [3.05, 3.63) is 119 Å². The van der Waals surface area contributed by atoms with E-state index >= 15 is 0 Å². The third-order valence-corrected chi connectivity index (χ3v) is 6.97. The van der Waals surface area contributed by atoms with Gasteiger partial charge in [-0.15, -0.1) is 0 Å². The number of hydrogen-bond donors (Lipinski definition) is 2. The number of halogens is 1. The first-order chi connectivity index (χ1) is 18.5. The first-order valence-corrected chi connectivity index (χ1v) is 12.8. The number of H-pyrrole nitrogens is 1. The van der Waals surface area contributed by atoms with E-state index in [2.05, 4.69) is 49.9 Å². The summed E-state index contributed by atoms with van der Waals surface area (Å²) in [5, 5.41) is 14.0. The SMILES string of the molecule is Cc1[nH]c2ccccc2c1CN(CCc1cncn1Cc1ccc(C#N)cc1)C(=S)Nc1cccc(F)c1. The summed E-state index contributed by atoms with van der Waals surface area (Å²) in [5.41, 5.74) is 6.78. The standard InChI is InChI=1S/C30H27FN6S/c1-21-28(27-7-2-3-8-29(27)34-21)19-36(30(38)35-25-6-4-5-24(31)15-25)14-13-26-17-33-20-37(26)18-23-11-9-22(16-32)10-12-23/h2-12,15,17,20,34H,13-14,18-19H2,1H3,(H,35,38). The Hall–Kier alpha value is -4.48. The van der Waals surface area contributed by atoms with E-state index in [4.69, 9.17) is 17.5 Å². The molecule has 0 fully saturated rings. The Morgan fingerprint density at radius 2 is 1.95 bits per heavy atom. The average Bonchev–Trinajstić information content (AvgIpc) is 3.49. The number of aryl methyl sites for hydroxylation is 1. The van der Waals surface area contributed by atoms with Gasteiger partial charge in [0, 0.05) is 60.2 Å². The van der Waals surface area contributed by atoms with Crippen LogP contribution >= 0.6 is 12.2 Å². The first kappa shape index (κ1) is 25.2. The molecule has 0 atom stereocenters. The highest BCUT2D eigenvalue weighted by atomic mass is 32.1. The second kappa shape index (κ2) is 11.3. The molecule has 0 radical (unpaired) electrons. The largest absolute Gasteiger partial charge is 0.358 e. The number of aromatic nitrogens is 3. The summed E-state index contributed by atoms with van der Waals surface area (Å²) in [6.45, 7) is 3.97. The molecule has 2 aromatic heterocycles. The molecule has 38 heavy (non-hydrogen) atoms. The van der Waals surface area contributed by atoms with E-state index in [1.807, 2.05) is 48.9 Å². The molecule has 0 unspecified atom stereocenters. The fourth-order valence-corrected chi connectivity index (χ4v) is 4.85. The zero-order chi connectivity index (χ0) is 26.5. The van der Waals surface area contributed by atoms with Gasteiger partial charge in [-0.1, -0.05) is 36.4 Å². The van der Waals surface area contributed by atoms with Crippen molar-refractivity contribution in [1.29, 1.82) is 5.26 Å². The third kappa shape index (κ3) is 5.74. The van der Waals surface area contributed by atoms with Crippen molar-refractivity contribution in [2.24, 2.45) is 0 Å². The Morgan fingerprint density at radius 3 is 2.74 bits per heavy atom. The van der Waals surface area contributed by atoms with Crippen LogP contribution in [0.25, 0.3) is 10.9 Å². The third-order valence-electron chi connectivity index (χ3n) is 6.61. The number of nitrogens with one attached hydrogen (secondary N) is 2. The van der Waals surface area contributed by atoms with Gasteiger partial charge in [0.15, 0.2) is 5.11 Å². The van der Waals surface area contributed by atoms with E-state index in [1.165, 1.54) is 17.7 Å². The minimum absolute atomic E-state index is 0.316. The number of anilines is 1. The Labute approximate surface area is 226 Å². The summed E-state index contributed by atoms with van der Waals surface area (Å²) >= 11 is 5.83. The maximum absolute atomic E-state index is 13.8. The molecule has 2 heterocycles. The van der Waals surface area contributed by atoms with Crippen molar-refractivity contribution >= 4 is 33.9 Å². The summed E-state index contributed by atoms with van der Waals surface area (Å²) in [6, 6.07) is 24.3. The summed E-state index contributed by atoms with van der Waals surface area (Å²) in [7, 11) is 0. The van der Waals surface area contributed by atoms with Gasteiger partial charge in [0.25, 0.3) is 0 Å². The van der Waals surface area contributed by atoms with Crippen molar-refractivity contribution < 1.29 is 4.39 Å². The number of hydrogen-bond acceptors (Lipinski definition) is 3. The van der Waals surface area contributed by atoms with Gasteiger partial charge >= 0.3 is 0 Å². The van der Waals surface area contributed by atoms with Gasteiger partial charge in [-0.2, -0.15) is 5.26 Å². The van der Waals surface area contributed by atoms with Gasteiger partial charge in [0.1, 0.15) is 5.82 Å². The smallest absolute Gasteiger partial charge is 0.173 e. The Morgan fingerprint density at radius 1 is 1.13 bits per heavy atom. The quantitative estimate of drug-likeness (QED) is 0.238. The number of fused-ring (bicyclic) bond motifs is 1. The van der Waals surface area contributed by atoms with Crippen molar-refractivity contribution in [2.75, 3.05) is 11.9 Å². The molecule has 5 aromatic rings. The highest BCUT2D eigenvalue weighted by Crippen LogP contribution is 2.24. The van der Waals surface area contributed by atoms with Gasteiger partial charge in [0.2, 0.25) is 0 Å². The topological polar surface area (TPSA) is 72.7 Å². The van der Waals surface area contributed by atoms with Gasteiger partial charge in [-0.05, 0) is 66.7 Å². The zero-order valence-electron chi connectivity index (χ0n) is 21.0. The number of thiocarbonyl (C=S) groups is 1. The molecule has 5 rings (SSSR count). The van der Waals surface area contributed by atoms with Gasteiger partial charge < -0.3 is 19.8 Å². The van der Waals surface area contributed by atoms with Crippen LogP contribution in [-0.2, 0) is 19.5 Å². The number of rotatable bonds is 8. The van der Waals surface area contributed by atoms with Crippen molar-refractivity contribution in [3.8, 4) is 6.07 Å². The van der Waals surface area contributed by atoms with E-state index in [1.54, 1.807) is 12.1 Å². The minimum Gasteiger partial charge on any atom is -0.358 e. The fraction of sp³-hybridized carbons (Fsp3) is 0.167. The van der Waals surface area contributed by atoms with Crippen LogP contribution in [0.5, 0.6) is 0 Å². The highest BCUT2D eigenvalue weighted by Gasteiger charge is 2.17. The van der Waals surface area contributed by atoms with Gasteiger partial charge in [-0.25, -0.2) is 9.37 Å². The molecule has 190 valence electrons. The zero-order valence-corrected chi connectivity index (χ0v) is 21.8. The summed E-state index contributed by atoms with van der Waals surface area (Å²) < 4.78 is 15.9. The van der Waals surface area contributed by atoms with E-state index in [-0.39, 0.29) is 5.82 Å². The molecule has 0 aliphatic carbocycles. The maximum Gasteiger partial charge on any atom is 0.173 e. The molecule has 0 spiro atoms. The van der Waals surface area contributed by atoms with Crippen molar-refractivity contribution in [2.45, 2.75) is 26.4 Å². The lowest BCUT2D eigenvalue weighted by Crippen LogP contribution is -2.36. The molecular weight excluding hydrogens is 495 g/mol. The second-order valence-electron chi connectivity index (χ2n) is 9.21. The van der Waals surface area contributed by atoms with E-state index < -0.39 is 0 Å². The van der Waals surface area contributed by atoms with Crippen LogP contribution in [0.1, 0.15) is 28.1 Å². The lowest BCUT2D eigenvalue weighted by atomic mass is 10.1. The molecule has 0 aliphatic heterocycles. The van der Waals surface area contributed by atoms with Crippen LogP contribution in [0.4, 0.5) is 10.1 Å². The van der Waals surface area contributed by atoms with Gasteiger partial charge in [0.05, 0.1) is 18.0 Å². The normalized spacial score (nSPS) is 10.9. The molecule has 2 N–H and O–H groups in total. The molecule has 6 nitrogen and oxygen atoms in total. The molecule has 0 bridgehead atoms. The van der Waals surface area contributed by atoms with Crippen LogP contribution in [0.15, 0.2) is 85.3 Å². The molecule has 8 heteroatoms. The maximum atomic E-state index is 13.8. The molecular formula is C30H27FN6S. The minimum atomic E-state index is -0.316. The van der Waals surface area contributed by atoms with Crippen LogP contribution in [0.3, 0.4) is 0 Å². The lowest BCUT2D eigenvalue weighted by molar-refractivity contribution is 0.419. The molecule has 0 saturated carbocycles. The molecule has 3 aromatic carbocycles. The van der Waals surface area contributed by atoms with E-state index in [0.717, 1.165) is 27.9 Å². The molecule has 0 saturated heterocycles. The number of benzene rings is 3. The predicted octanol–water partition coefficient (Wildman–Crippen LogP) is 6.17. The van der Waals surface area contributed by atoms with E-state index in [9.17, 15) is 4.39 Å². The highest BCUT2D eigenvalue weighted by molar-refractivity contribution is 7.80. The number of nitriles is 1. The lowest BCUT2D eigenvalue weighted by Gasteiger charge is -2.26. The number of imidazole rings is 1. The molecule has 0 aliphatic rings. The number of para-hydroxylation sites is 1. The molecule has 0 amide bonds. The fourth-order valence-electron chi connectivity index (χ4n) is 4.58.